The predicted molar refractivity (Wildman–Crippen MR) is 89.4 cm³/mol. The van der Waals surface area contributed by atoms with E-state index >= 15 is 0 Å². The molecule has 10 heteroatoms. The molecule has 2 heterocycles. The van der Waals surface area contributed by atoms with Crippen molar-refractivity contribution in [1.82, 2.24) is 9.55 Å². The Balaban J connectivity index is 2.08. The number of fused-ring (bicyclic) bond motifs is 1. The average Bonchev–Trinajstić information content (AvgIpc) is 3.12. The first kappa shape index (κ1) is 17.0. The van der Waals surface area contributed by atoms with Gasteiger partial charge in [0.05, 0.1) is 17.0 Å². The molecule has 0 unspecified atom stereocenters. The molecule has 1 fully saturated rings. The fourth-order valence-electron chi connectivity index (χ4n) is 3.19. The van der Waals surface area contributed by atoms with E-state index in [0.717, 1.165) is 5.52 Å². The van der Waals surface area contributed by atoms with Gasteiger partial charge in [-0.1, -0.05) is 0 Å². The minimum atomic E-state index is -0.847. The summed E-state index contributed by atoms with van der Waals surface area (Å²) in [6.45, 7) is 1.14. The van der Waals surface area contributed by atoms with Crippen molar-refractivity contribution in [1.29, 1.82) is 0 Å². The van der Waals surface area contributed by atoms with Crippen molar-refractivity contribution < 1.29 is 19.2 Å². The van der Waals surface area contributed by atoms with Crippen LogP contribution in [0.25, 0.3) is 11.0 Å². The Hall–Kier alpha value is -2.88. The maximum absolute atomic E-state index is 11.5. The number of benzene rings is 1. The Labute approximate surface area is 143 Å². The third-order valence-corrected chi connectivity index (χ3v) is 4.31. The first-order chi connectivity index (χ1) is 11.9. The van der Waals surface area contributed by atoms with Crippen LogP contribution in [0.4, 0.5) is 16.2 Å². The van der Waals surface area contributed by atoms with E-state index in [1.165, 1.54) is 6.07 Å². The highest BCUT2D eigenvalue weighted by Gasteiger charge is 2.32. The molecule has 0 spiro atoms. The number of nitrogens with zero attached hydrogens (tertiary/aromatic N) is 4. The second kappa shape index (κ2) is 6.55. The lowest BCUT2D eigenvalue weighted by molar-refractivity contribution is -0.384. The summed E-state index contributed by atoms with van der Waals surface area (Å²) in [4.78, 5) is 28.4. The predicted octanol–water partition coefficient (Wildman–Crippen LogP) is 1.30. The van der Waals surface area contributed by atoms with Gasteiger partial charge in [-0.05, 0) is 6.07 Å². The lowest BCUT2D eigenvalue weighted by Crippen LogP contribution is -2.27. The second-order valence-electron chi connectivity index (χ2n) is 5.87. The third kappa shape index (κ3) is 3.07. The molecular weight excluding hydrogens is 330 g/mol. The van der Waals surface area contributed by atoms with Crippen LogP contribution in [0.2, 0.25) is 0 Å². The van der Waals surface area contributed by atoms with E-state index in [4.69, 9.17) is 15.2 Å². The molecule has 0 aliphatic carbocycles. The Bertz CT molecular complexity index is 833. The van der Waals surface area contributed by atoms with Gasteiger partial charge in [0.2, 0.25) is 0 Å². The average molecular weight is 349 g/mol. The van der Waals surface area contributed by atoms with Crippen LogP contribution >= 0.6 is 0 Å². The van der Waals surface area contributed by atoms with Gasteiger partial charge in [0.1, 0.15) is 29.7 Å². The lowest BCUT2D eigenvalue weighted by atomic mass is 10.2. The van der Waals surface area contributed by atoms with Crippen LogP contribution in [0.15, 0.2) is 12.1 Å². The largest absolute Gasteiger partial charge is 0.444 e. The highest BCUT2D eigenvalue weighted by Crippen LogP contribution is 2.38. The van der Waals surface area contributed by atoms with Crippen molar-refractivity contribution in [3.8, 4) is 0 Å². The summed E-state index contributed by atoms with van der Waals surface area (Å²) < 4.78 is 12.0. The van der Waals surface area contributed by atoms with E-state index in [1.807, 2.05) is 16.5 Å². The molecule has 0 saturated carbocycles. The van der Waals surface area contributed by atoms with E-state index in [-0.39, 0.29) is 5.69 Å². The molecule has 0 radical (unpaired) electrons. The highest BCUT2D eigenvalue weighted by molar-refractivity contribution is 5.95. The first-order valence-electron chi connectivity index (χ1n) is 7.75. The standard InChI is InChI=1S/C15H19N5O5/c1-18-10-3-4-11(20(22)23)14(13(10)17-12(18)8-24-2)19-6-5-9(7-19)25-15(16)21/h3-4,9H,5-8H2,1-2H3,(H2,16,21)/t9-/m0/s1. The Morgan fingerprint density at radius 2 is 2.28 bits per heavy atom. The summed E-state index contributed by atoms with van der Waals surface area (Å²) in [6, 6.07) is 3.15. The first-order valence-corrected chi connectivity index (χ1v) is 7.75. The molecule has 1 saturated heterocycles. The zero-order valence-electron chi connectivity index (χ0n) is 14.0. The number of carbonyl (C=O) groups excluding carboxylic acids is 1. The summed E-state index contributed by atoms with van der Waals surface area (Å²) in [5.41, 5.74) is 6.76. The molecule has 1 atom stereocenters. The summed E-state index contributed by atoms with van der Waals surface area (Å²) in [5.74, 6) is 0.670. The Kier molecular flexibility index (Phi) is 4.45. The molecular formula is C15H19N5O5. The van der Waals surface area contributed by atoms with E-state index in [9.17, 15) is 14.9 Å². The molecule has 1 aliphatic heterocycles. The topological polar surface area (TPSA) is 126 Å². The minimum absolute atomic E-state index is 0.0331. The van der Waals surface area contributed by atoms with Crippen molar-refractivity contribution >= 4 is 28.5 Å². The Morgan fingerprint density at radius 3 is 2.92 bits per heavy atom. The van der Waals surface area contributed by atoms with Gasteiger partial charge in [-0.2, -0.15) is 0 Å². The quantitative estimate of drug-likeness (QED) is 0.637. The van der Waals surface area contributed by atoms with Crippen molar-refractivity contribution in [3.05, 3.63) is 28.1 Å². The van der Waals surface area contributed by atoms with Crippen LogP contribution in [0.5, 0.6) is 0 Å². The normalized spacial score (nSPS) is 17.2. The van der Waals surface area contributed by atoms with E-state index in [0.29, 0.717) is 43.1 Å². The molecule has 0 bridgehead atoms. The third-order valence-electron chi connectivity index (χ3n) is 4.31. The zero-order chi connectivity index (χ0) is 18.1. The number of nitro benzene ring substituents is 1. The van der Waals surface area contributed by atoms with Crippen LogP contribution in [-0.2, 0) is 23.1 Å². The maximum Gasteiger partial charge on any atom is 0.404 e. The van der Waals surface area contributed by atoms with E-state index < -0.39 is 17.1 Å². The monoisotopic (exact) mass is 349 g/mol. The van der Waals surface area contributed by atoms with Gasteiger partial charge in [-0.15, -0.1) is 0 Å². The van der Waals surface area contributed by atoms with Gasteiger partial charge in [-0.3, -0.25) is 10.1 Å². The van der Waals surface area contributed by atoms with Crippen LogP contribution in [0, 0.1) is 10.1 Å². The van der Waals surface area contributed by atoms with Crippen molar-refractivity contribution in [2.75, 3.05) is 25.1 Å². The number of aromatic nitrogens is 2. The number of hydrogen-bond donors (Lipinski definition) is 1. The van der Waals surface area contributed by atoms with Crippen molar-refractivity contribution in [2.24, 2.45) is 12.8 Å². The number of methoxy groups -OCH3 is 1. The summed E-state index contributed by atoms with van der Waals surface area (Å²) in [7, 11) is 3.40. The molecule has 10 nitrogen and oxygen atoms in total. The maximum atomic E-state index is 11.5. The molecule has 1 aromatic heterocycles. The smallest absolute Gasteiger partial charge is 0.404 e. The number of nitro groups is 1. The van der Waals surface area contributed by atoms with Gasteiger partial charge in [0.15, 0.2) is 0 Å². The van der Waals surface area contributed by atoms with Crippen LogP contribution in [0.3, 0.4) is 0 Å². The van der Waals surface area contributed by atoms with Crippen LogP contribution < -0.4 is 10.6 Å². The van der Waals surface area contributed by atoms with Gasteiger partial charge < -0.3 is 24.7 Å². The number of rotatable bonds is 5. The van der Waals surface area contributed by atoms with Gasteiger partial charge in [-0.25, -0.2) is 9.78 Å². The number of hydrogen-bond acceptors (Lipinski definition) is 7. The molecule has 2 aromatic rings. The number of imidazole rings is 1. The molecule has 134 valence electrons. The molecule has 3 rings (SSSR count). The number of ether oxygens (including phenoxy) is 2. The SMILES string of the molecule is COCc1nc2c(N3CC[C@H](OC(N)=O)C3)c([N+](=O)[O-])ccc2n1C. The number of carbonyl (C=O) groups is 1. The van der Waals surface area contributed by atoms with Gasteiger partial charge in [0.25, 0.3) is 5.69 Å². The van der Waals surface area contributed by atoms with Gasteiger partial charge >= 0.3 is 6.09 Å². The van der Waals surface area contributed by atoms with Gasteiger partial charge in [0, 0.05) is 33.2 Å². The fourth-order valence-corrected chi connectivity index (χ4v) is 3.19. The summed E-state index contributed by atoms with van der Waals surface area (Å²) in [6.07, 6.45) is -0.692. The lowest BCUT2D eigenvalue weighted by Gasteiger charge is -2.18. The second-order valence-corrected chi connectivity index (χ2v) is 5.87. The summed E-state index contributed by atoms with van der Waals surface area (Å²) >= 11 is 0. The zero-order valence-corrected chi connectivity index (χ0v) is 14.0. The van der Waals surface area contributed by atoms with Crippen LogP contribution in [0.1, 0.15) is 12.2 Å². The molecule has 2 N–H and O–H groups in total. The number of anilines is 1. The Morgan fingerprint density at radius 1 is 1.52 bits per heavy atom. The molecule has 1 aliphatic rings. The molecule has 1 aromatic carbocycles. The molecule has 25 heavy (non-hydrogen) atoms. The minimum Gasteiger partial charge on any atom is -0.444 e. The van der Waals surface area contributed by atoms with Crippen molar-refractivity contribution in [2.45, 2.75) is 19.1 Å². The fraction of sp³-hybridized carbons (Fsp3) is 0.467. The van der Waals surface area contributed by atoms with E-state index in [2.05, 4.69) is 4.98 Å². The highest BCUT2D eigenvalue weighted by atomic mass is 16.6. The summed E-state index contributed by atoms with van der Waals surface area (Å²) in [5, 5.41) is 11.5. The number of primary amides is 1. The number of aryl methyl sites for hydroxylation is 1. The van der Waals surface area contributed by atoms with Crippen molar-refractivity contribution in [3.63, 3.8) is 0 Å². The number of nitrogens with two attached hydrogens (primary N) is 1. The van der Waals surface area contributed by atoms with Crippen LogP contribution in [-0.4, -0.2) is 46.9 Å². The van der Waals surface area contributed by atoms with E-state index in [1.54, 1.807) is 13.2 Å². The number of amides is 1. The molecule has 1 amide bonds.